The summed E-state index contributed by atoms with van der Waals surface area (Å²) >= 11 is 0. The molecule has 92 valence electrons. The van der Waals surface area contributed by atoms with Gasteiger partial charge in [0, 0.05) is 17.8 Å². The van der Waals surface area contributed by atoms with E-state index in [9.17, 15) is 5.11 Å². The molecule has 2 atom stereocenters. The van der Waals surface area contributed by atoms with E-state index in [1.807, 2.05) is 12.3 Å². The molecule has 1 fully saturated rings. The second-order valence-electron chi connectivity index (χ2n) is 5.65. The molecular formula is C15H21NO. The first kappa shape index (κ1) is 11.2. The maximum Gasteiger partial charge on any atom is 0.0626 e. The van der Waals surface area contributed by atoms with Crippen LogP contribution < -0.4 is 0 Å². The fourth-order valence-corrected chi connectivity index (χ4v) is 3.57. The van der Waals surface area contributed by atoms with Gasteiger partial charge in [-0.3, -0.25) is 4.98 Å². The maximum absolute atomic E-state index is 10.4. The zero-order valence-corrected chi connectivity index (χ0v) is 10.3. The molecule has 0 radical (unpaired) electrons. The number of fused-ring (bicyclic) bond motifs is 1. The van der Waals surface area contributed by atoms with E-state index in [0.29, 0.717) is 5.92 Å². The number of rotatable bonds is 3. The molecule has 2 aliphatic carbocycles. The summed E-state index contributed by atoms with van der Waals surface area (Å²) < 4.78 is 0. The summed E-state index contributed by atoms with van der Waals surface area (Å²) in [5.74, 6) is 1.06. The van der Waals surface area contributed by atoms with Gasteiger partial charge in [-0.2, -0.15) is 0 Å². The highest BCUT2D eigenvalue weighted by atomic mass is 16.3. The minimum atomic E-state index is -0.172. The molecule has 0 amide bonds. The molecule has 2 heteroatoms. The van der Waals surface area contributed by atoms with Gasteiger partial charge in [-0.25, -0.2) is 0 Å². The normalized spacial score (nSPS) is 26.1. The van der Waals surface area contributed by atoms with E-state index in [2.05, 4.69) is 11.1 Å². The predicted molar refractivity (Wildman–Crippen MR) is 67.9 cm³/mol. The monoisotopic (exact) mass is 231 g/mol. The number of aryl methyl sites for hydroxylation is 1. The topological polar surface area (TPSA) is 33.1 Å². The van der Waals surface area contributed by atoms with E-state index < -0.39 is 0 Å². The quantitative estimate of drug-likeness (QED) is 0.867. The van der Waals surface area contributed by atoms with Crippen LogP contribution in [0.15, 0.2) is 18.3 Å². The van der Waals surface area contributed by atoms with Crippen LogP contribution in [0.5, 0.6) is 0 Å². The van der Waals surface area contributed by atoms with Gasteiger partial charge in [-0.1, -0.05) is 31.7 Å². The van der Waals surface area contributed by atoms with Crippen LogP contribution in [0.3, 0.4) is 0 Å². The lowest BCUT2D eigenvalue weighted by atomic mass is 9.90. The molecule has 2 nitrogen and oxygen atoms in total. The van der Waals surface area contributed by atoms with Crippen molar-refractivity contribution in [2.75, 3.05) is 0 Å². The third-order valence-corrected chi connectivity index (χ3v) is 4.52. The first-order chi connectivity index (χ1) is 8.34. The van der Waals surface area contributed by atoms with Crippen molar-refractivity contribution in [1.29, 1.82) is 0 Å². The molecule has 1 heterocycles. The van der Waals surface area contributed by atoms with Gasteiger partial charge in [-0.15, -0.1) is 0 Å². The van der Waals surface area contributed by atoms with E-state index in [4.69, 9.17) is 0 Å². The summed E-state index contributed by atoms with van der Waals surface area (Å²) in [5.41, 5.74) is 2.51. The van der Waals surface area contributed by atoms with Crippen LogP contribution in [0, 0.1) is 5.92 Å². The summed E-state index contributed by atoms with van der Waals surface area (Å²) in [4.78, 5) is 4.48. The van der Waals surface area contributed by atoms with Gasteiger partial charge in [0.2, 0.25) is 0 Å². The van der Waals surface area contributed by atoms with Crippen molar-refractivity contribution in [1.82, 2.24) is 4.98 Å². The van der Waals surface area contributed by atoms with E-state index in [0.717, 1.165) is 30.9 Å². The van der Waals surface area contributed by atoms with Gasteiger partial charge in [0.15, 0.2) is 0 Å². The smallest absolute Gasteiger partial charge is 0.0626 e. The second kappa shape index (κ2) is 4.77. The lowest BCUT2D eigenvalue weighted by molar-refractivity contribution is 0.113. The Labute approximate surface area is 103 Å². The van der Waals surface area contributed by atoms with Gasteiger partial charge in [0.25, 0.3) is 0 Å². The Bertz CT molecular complexity index is 384. The molecule has 1 aromatic rings. The number of hydrogen-bond donors (Lipinski definition) is 1. The molecule has 0 saturated heterocycles. The van der Waals surface area contributed by atoms with Crippen LogP contribution in [-0.2, 0) is 6.42 Å². The Morgan fingerprint density at radius 2 is 2.12 bits per heavy atom. The summed E-state index contributed by atoms with van der Waals surface area (Å²) in [6, 6.07) is 4.16. The predicted octanol–water partition coefficient (Wildman–Crippen LogP) is 3.05. The SMILES string of the molecule is OC(CC1CCCC1)C1CCc2cccnc21. The number of hydrogen-bond acceptors (Lipinski definition) is 2. The number of nitrogens with zero attached hydrogens (tertiary/aromatic N) is 1. The molecule has 2 aliphatic rings. The van der Waals surface area contributed by atoms with Crippen molar-refractivity contribution in [3.63, 3.8) is 0 Å². The fraction of sp³-hybridized carbons (Fsp3) is 0.667. The number of aliphatic hydroxyl groups is 1. The lowest BCUT2D eigenvalue weighted by Crippen LogP contribution is -2.20. The Kier molecular flexibility index (Phi) is 3.15. The highest BCUT2D eigenvalue weighted by molar-refractivity contribution is 5.29. The van der Waals surface area contributed by atoms with Crippen molar-refractivity contribution >= 4 is 0 Å². The standard InChI is InChI=1S/C15H21NO/c17-14(10-11-4-1-2-5-11)13-8-7-12-6-3-9-16-15(12)13/h3,6,9,11,13-14,17H,1-2,4-5,7-8,10H2. The summed E-state index contributed by atoms with van der Waals surface area (Å²) in [5, 5.41) is 10.4. The minimum Gasteiger partial charge on any atom is -0.392 e. The van der Waals surface area contributed by atoms with Crippen molar-refractivity contribution in [2.24, 2.45) is 5.92 Å². The first-order valence-electron chi connectivity index (χ1n) is 6.96. The molecule has 0 bridgehead atoms. The minimum absolute atomic E-state index is 0.172. The van der Waals surface area contributed by atoms with Crippen LogP contribution in [0.25, 0.3) is 0 Å². The van der Waals surface area contributed by atoms with E-state index in [1.165, 1.54) is 31.2 Å². The van der Waals surface area contributed by atoms with Crippen molar-refractivity contribution in [3.05, 3.63) is 29.6 Å². The zero-order valence-electron chi connectivity index (χ0n) is 10.3. The summed E-state index contributed by atoms with van der Waals surface area (Å²) in [6.07, 6.45) is 10.2. The second-order valence-corrected chi connectivity index (χ2v) is 5.65. The molecule has 0 aromatic carbocycles. The Hall–Kier alpha value is -0.890. The molecule has 1 aromatic heterocycles. The third-order valence-electron chi connectivity index (χ3n) is 4.52. The number of pyridine rings is 1. The van der Waals surface area contributed by atoms with Gasteiger partial charge >= 0.3 is 0 Å². The van der Waals surface area contributed by atoms with Crippen LogP contribution in [-0.4, -0.2) is 16.2 Å². The van der Waals surface area contributed by atoms with Crippen LogP contribution >= 0.6 is 0 Å². The van der Waals surface area contributed by atoms with Crippen LogP contribution in [0.2, 0.25) is 0 Å². The Balaban J connectivity index is 1.68. The van der Waals surface area contributed by atoms with Crippen LogP contribution in [0.1, 0.15) is 55.7 Å². The Morgan fingerprint density at radius 1 is 1.29 bits per heavy atom. The average molecular weight is 231 g/mol. The van der Waals surface area contributed by atoms with Gasteiger partial charge < -0.3 is 5.11 Å². The molecule has 1 N–H and O–H groups in total. The maximum atomic E-state index is 10.4. The van der Waals surface area contributed by atoms with Crippen molar-refractivity contribution in [2.45, 2.75) is 57.0 Å². The fourth-order valence-electron chi connectivity index (χ4n) is 3.57. The third kappa shape index (κ3) is 2.23. The Morgan fingerprint density at radius 3 is 2.94 bits per heavy atom. The summed E-state index contributed by atoms with van der Waals surface area (Å²) in [6.45, 7) is 0. The van der Waals surface area contributed by atoms with E-state index in [-0.39, 0.29) is 6.10 Å². The number of aliphatic hydroxyl groups excluding tert-OH is 1. The van der Waals surface area contributed by atoms with E-state index >= 15 is 0 Å². The van der Waals surface area contributed by atoms with E-state index in [1.54, 1.807) is 0 Å². The molecule has 17 heavy (non-hydrogen) atoms. The van der Waals surface area contributed by atoms with Gasteiger partial charge in [0.05, 0.1) is 6.10 Å². The number of aromatic nitrogens is 1. The first-order valence-corrected chi connectivity index (χ1v) is 6.96. The summed E-state index contributed by atoms with van der Waals surface area (Å²) in [7, 11) is 0. The van der Waals surface area contributed by atoms with Gasteiger partial charge in [0.1, 0.15) is 0 Å². The highest BCUT2D eigenvalue weighted by Gasteiger charge is 2.31. The highest BCUT2D eigenvalue weighted by Crippen LogP contribution is 2.38. The molecule has 1 saturated carbocycles. The van der Waals surface area contributed by atoms with Crippen molar-refractivity contribution < 1.29 is 5.11 Å². The largest absolute Gasteiger partial charge is 0.392 e. The molecule has 0 spiro atoms. The molecule has 2 unspecified atom stereocenters. The van der Waals surface area contributed by atoms with Crippen molar-refractivity contribution in [3.8, 4) is 0 Å². The molecule has 3 rings (SSSR count). The molecule has 0 aliphatic heterocycles. The average Bonchev–Trinajstić information content (AvgIpc) is 2.96. The zero-order chi connectivity index (χ0) is 11.7. The lowest BCUT2D eigenvalue weighted by Gasteiger charge is -2.21. The molecular weight excluding hydrogens is 210 g/mol. The van der Waals surface area contributed by atoms with Crippen LogP contribution in [0.4, 0.5) is 0 Å². The van der Waals surface area contributed by atoms with Gasteiger partial charge in [-0.05, 0) is 36.8 Å².